The second-order valence-corrected chi connectivity index (χ2v) is 5.41. The lowest BCUT2D eigenvalue weighted by molar-refractivity contribution is 0.366. The molecule has 21 heavy (non-hydrogen) atoms. The molecule has 0 aliphatic rings. The van der Waals surface area contributed by atoms with Gasteiger partial charge in [-0.15, -0.1) is 11.3 Å². The lowest BCUT2D eigenvalue weighted by atomic mass is 10.1. The third kappa shape index (κ3) is 3.65. The number of hydrogen-bond donors (Lipinski definition) is 1. The maximum atomic E-state index is 5.43. The molecule has 0 saturated heterocycles. The first-order valence-corrected chi connectivity index (χ1v) is 7.46. The summed E-state index contributed by atoms with van der Waals surface area (Å²) in [7, 11) is 4.91. The Balaban J connectivity index is 2.13. The zero-order valence-electron chi connectivity index (χ0n) is 12.7. The Bertz CT molecular complexity index is 573. The molecule has 0 radical (unpaired) electrons. The van der Waals surface area contributed by atoms with Gasteiger partial charge in [-0.1, -0.05) is 0 Å². The highest BCUT2D eigenvalue weighted by Gasteiger charge is 2.13. The van der Waals surface area contributed by atoms with Gasteiger partial charge in [-0.3, -0.25) is 0 Å². The Hall–Kier alpha value is -1.79. The molecule has 0 fully saturated rings. The Kier molecular flexibility index (Phi) is 5.41. The average molecular weight is 308 g/mol. The summed E-state index contributed by atoms with van der Waals surface area (Å²) in [5.41, 5.74) is 3.91. The summed E-state index contributed by atoms with van der Waals surface area (Å²) in [6.07, 6.45) is 0. The maximum absolute atomic E-state index is 5.43. The van der Waals surface area contributed by atoms with E-state index in [-0.39, 0.29) is 0 Å². The van der Waals surface area contributed by atoms with Crippen molar-refractivity contribution in [3.63, 3.8) is 0 Å². The number of hydrogen-bond acceptors (Lipinski definition) is 6. The fourth-order valence-electron chi connectivity index (χ4n) is 2.05. The van der Waals surface area contributed by atoms with Gasteiger partial charge in [0.1, 0.15) is 17.2 Å². The molecule has 1 heterocycles. The molecule has 114 valence electrons. The van der Waals surface area contributed by atoms with Crippen molar-refractivity contribution in [2.24, 2.45) is 0 Å². The number of nitrogens with zero attached hydrogens (tertiary/aromatic N) is 1. The lowest BCUT2D eigenvalue weighted by Gasteiger charge is -2.15. The van der Waals surface area contributed by atoms with Gasteiger partial charge in [-0.2, -0.15) is 0 Å². The highest BCUT2D eigenvalue weighted by Crippen LogP contribution is 2.33. The number of benzene rings is 1. The Morgan fingerprint density at radius 1 is 1.05 bits per heavy atom. The molecule has 1 aromatic carbocycles. The van der Waals surface area contributed by atoms with E-state index in [9.17, 15) is 0 Å². The smallest absolute Gasteiger partial charge is 0.130 e. The quantitative estimate of drug-likeness (QED) is 0.852. The zero-order chi connectivity index (χ0) is 15.2. The van der Waals surface area contributed by atoms with Gasteiger partial charge in [-0.25, -0.2) is 4.98 Å². The summed E-state index contributed by atoms with van der Waals surface area (Å²) in [6.45, 7) is 3.44. The molecule has 0 aliphatic heterocycles. The lowest BCUT2D eigenvalue weighted by Crippen LogP contribution is -2.14. The number of ether oxygens (including phenoxy) is 3. The minimum Gasteiger partial charge on any atom is -0.496 e. The van der Waals surface area contributed by atoms with E-state index in [2.05, 4.69) is 10.3 Å². The van der Waals surface area contributed by atoms with Crippen molar-refractivity contribution in [1.29, 1.82) is 0 Å². The predicted octanol–water partition coefficient (Wildman–Crippen LogP) is 2.77. The van der Waals surface area contributed by atoms with Gasteiger partial charge in [0.2, 0.25) is 0 Å². The molecule has 0 unspecified atom stereocenters. The van der Waals surface area contributed by atoms with Crippen LogP contribution in [0.1, 0.15) is 16.1 Å². The normalized spacial score (nSPS) is 10.5. The van der Waals surface area contributed by atoms with Crippen LogP contribution in [0.5, 0.6) is 17.2 Å². The van der Waals surface area contributed by atoms with E-state index < -0.39 is 0 Å². The van der Waals surface area contributed by atoms with E-state index >= 15 is 0 Å². The first-order valence-electron chi connectivity index (χ1n) is 6.58. The van der Waals surface area contributed by atoms with E-state index in [0.29, 0.717) is 12.3 Å². The summed E-state index contributed by atoms with van der Waals surface area (Å²) in [6, 6.07) is 3.72. The SMILES string of the molecule is COc1cc(OC)c(CNCc2scnc2C)c(OC)c1. The van der Waals surface area contributed by atoms with Crippen molar-refractivity contribution >= 4 is 11.3 Å². The van der Waals surface area contributed by atoms with E-state index in [1.54, 1.807) is 32.7 Å². The van der Waals surface area contributed by atoms with Gasteiger partial charge in [0.15, 0.2) is 0 Å². The molecule has 0 amide bonds. The Morgan fingerprint density at radius 3 is 2.19 bits per heavy atom. The summed E-state index contributed by atoms with van der Waals surface area (Å²) in [5.74, 6) is 2.21. The fourth-order valence-corrected chi connectivity index (χ4v) is 2.80. The largest absolute Gasteiger partial charge is 0.496 e. The molecule has 0 bridgehead atoms. The van der Waals surface area contributed by atoms with Crippen molar-refractivity contribution in [2.45, 2.75) is 20.0 Å². The maximum Gasteiger partial charge on any atom is 0.130 e. The Morgan fingerprint density at radius 2 is 1.71 bits per heavy atom. The topological polar surface area (TPSA) is 52.6 Å². The highest BCUT2D eigenvalue weighted by molar-refractivity contribution is 7.09. The average Bonchev–Trinajstić information content (AvgIpc) is 2.92. The standard InChI is InChI=1S/C15H20N2O3S/c1-10-15(21-9-17-10)8-16-7-12-13(19-3)5-11(18-2)6-14(12)20-4/h5-6,9,16H,7-8H2,1-4H3. The molecule has 1 aromatic heterocycles. The van der Waals surface area contributed by atoms with Crippen molar-refractivity contribution in [1.82, 2.24) is 10.3 Å². The molecular formula is C15H20N2O3S. The third-order valence-corrected chi connectivity index (χ3v) is 4.18. The van der Waals surface area contributed by atoms with Gasteiger partial charge in [-0.05, 0) is 6.92 Å². The summed E-state index contributed by atoms with van der Waals surface area (Å²) in [4.78, 5) is 5.48. The molecule has 0 aliphatic carbocycles. The summed E-state index contributed by atoms with van der Waals surface area (Å²) in [5, 5.41) is 3.40. The molecular weight excluding hydrogens is 288 g/mol. The first-order chi connectivity index (χ1) is 10.2. The number of methoxy groups -OCH3 is 3. The predicted molar refractivity (Wildman–Crippen MR) is 83.5 cm³/mol. The van der Waals surface area contributed by atoms with Crippen LogP contribution in [-0.4, -0.2) is 26.3 Å². The number of aryl methyl sites for hydroxylation is 1. The van der Waals surface area contributed by atoms with Crippen LogP contribution in [0.2, 0.25) is 0 Å². The van der Waals surface area contributed by atoms with Gasteiger partial charge in [0.25, 0.3) is 0 Å². The van der Waals surface area contributed by atoms with Gasteiger partial charge < -0.3 is 19.5 Å². The summed E-state index contributed by atoms with van der Waals surface area (Å²) < 4.78 is 16.1. The molecule has 2 aromatic rings. The molecule has 5 nitrogen and oxygen atoms in total. The van der Waals surface area contributed by atoms with E-state index in [4.69, 9.17) is 14.2 Å². The van der Waals surface area contributed by atoms with Crippen LogP contribution in [0, 0.1) is 6.92 Å². The Labute approximate surface area is 128 Å². The van der Waals surface area contributed by atoms with E-state index in [1.807, 2.05) is 24.6 Å². The van der Waals surface area contributed by atoms with Gasteiger partial charge in [0.05, 0.1) is 38.1 Å². The van der Waals surface area contributed by atoms with E-state index in [0.717, 1.165) is 29.3 Å². The van der Waals surface area contributed by atoms with Gasteiger partial charge in [0, 0.05) is 30.1 Å². The molecule has 0 spiro atoms. The number of thiazole rings is 1. The van der Waals surface area contributed by atoms with E-state index in [1.165, 1.54) is 4.88 Å². The van der Waals surface area contributed by atoms with Crippen LogP contribution in [0.25, 0.3) is 0 Å². The van der Waals surface area contributed by atoms with Crippen LogP contribution in [0.15, 0.2) is 17.6 Å². The third-order valence-electron chi connectivity index (χ3n) is 3.25. The first kappa shape index (κ1) is 15.6. The second kappa shape index (κ2) is 7.28. The molecule has 2 rings (SSSR count). The monoisotopic (exact) mass is 308 g/mol. The van der Waals surface area contributed by atoms with Crippen molar-refractivity contribution < 1.29 is 14.2 Å². The van der Waals surface area contributed by atoms with Crippen LogP contribution in [0.3, 0.4) is 0 Å². The number of rotatable bonds is 7. The fraction of sp³-hybridized carbons (Fsp3) is 0.400. The van der Waals surface area contributed by atoms with Crippen LogP contribution in [0.4, 0.5) is 0 Å². The van der Waals surface area contributed by atoms with Crippen LogP contribution in [-0.2, 0) is 13.1 Å². The highest BCUT2D eigenvalue weighted by atomic mass is 32.1. The molecule has 0 atom stereocenters. The zero-order valence-corrected chi connectivity index (χ0v) is 13.5. The summed E-state index contributed by atoms with van der Waals surface area (Å²) >= 11 is 1.65. The molecule has 6 heteroatoms. The van der Waals surface area contributed by atoms with Gasteiger partial charge >= 0.3 is 0 Å². The van der Waals surface area contributed by atoms with Crippen LogP contribution >= 0.6 is 11.3 Å². The number of nitrogens with one attached hydrogen (secondary N) is 1. The minimum atomic E-state index is 0.647. The van der Waals surface area contributed by atoms with Crippen molar-refractivity contribution in [2.75, 3.05) is 21.3 Å². The van der Waals surface area contributed by atoms with Crippen molar-refractivity contribution in [3.05, 3.63) is 33.8 Å². The minimum absolute atomic E-state index is 0.647. The molecule has 1 N–H and O–H groups in total. The van der Waals surface area contributed by atoms with Crippen LogP contribution < -0.4 is 19.5 Å². The van der Waals surface area contributed by atoms with Crippen molar-refractivity contribution in [3.8, 4) is 17.2 Å². The molecule has 0 saturated carbocycles. The second-order valence-electron chi connectivity index (χ2n) is 4.47. The number of aromatic nitrogens is 1.